The third kappa shape index (κ3) is 9.42. The molecule has 0 atom stereocenters. The van der Waals surface area contributed by atoms with E-state index < -0.39 is 0 Å². The monoisotopic (exact) mass is 354 g/mol. The molecule has 0 bridgehead atoms. The van der Waals surface area contributed by atoms with E-state index in [1.54, 1.807) is 0 Å². The van der Waals surface area contributed by atoms with Crippen LogP contribution in [0.3, 0.4) is 0 Å². The molecule has 2 rings (SSSR count). The van der Waals surface area contributed by atoms with E-state index in [0.29, 0.717) is 5.92 Å². The van der Waals surface area contributed by atoms with Crippen molar-refractivity contribution in [2.75, 3.05) is 66.2 Å². The van der Waals surface area contributed by atoms with Crippen LogP contribution in [0.4, 0.5) is 0 Å². The van der Waals surface area contributed by atoms with E-state index in [2.05, 4.69) is 20.5 Å². The van der Waals surface area contributed by atoms with Gasteiger partial charge in [-0.15, -0.1) is 0 Å². The predicted octanol–water partition coefficient (Wildman–Crippen LogP) is 1.86. The standard InChI is InChI=1S/C19H38N4O2/c1-20-19(21-9-2-3-11-23-12-4-5-13-23)22-10-6-14-25-17-18-7-15-24-16-8-18/h18H,2-17H2,1H3,(H2,20,21,22). The summed E-state index contributed by atoms with van der Waals surface area (Å²) in [6.07, 6.45) is 8.54. The smallest absolute Gasteiger partial charge is 0.190 e. The SMILES string of the molecule is CN=C(NCCCCN1CCCC1)NCCCOCC1CCOCC1. The van der Waals surface area contributed by atoms with Crippen molar-refractivity contribution < 1.29 is 9.47 Å². The van der Waals surface area contributed by atoms with E-state index in [1.807, 2.05) is 7.05 Å². The van der Waals surface area contributed by atoms with Crippen molar-refractivity contribution >= 4 is 5.96 Å². The van der Waals surface area contributed by atoms with E-state index in [0.717, 1.165) is 64.7 Å². The molecule has 0 radical (unpaired) electrons. The van der Waals surface area contributed by atoms with Crippen molar-refractivity contribution in [3.63, 3.8) is 0 Å². The van der Waals surface area contributed by atoms with Gasteiger partial charge in [0.2, 0.25) is 0 Å². The van der Waals surface area contributed by atoms with Crippen LogP contribution in [-0.4, -0.2) is 77.1 Å². The highest BCUT2D eigenvalue weighted by Crippen LogP contribution is 2.14. The summed E-state index contributed by atoms with van der Waals surface area (Å²) in [6, 6.07) is 0. The minimum Gasteiger partial charge on any atom is -0.381 e. The number of nitrogens with one attached hydrogen (secondary N) is 2. The van der Waals surface area contributed by atoms with Crippen molar-refractivity contribution in [1.29, 1.82) is 0 Å². The van der Waals surface area contributed by atoms with Crippen molar-refractivity contribution in [2.45, 2.75) is 44.9 Å². The van der Waals surface area contributed by atoms with Crippen LogP contribution in [0.25, 0.3) is 0 Å². The maximum Gasteiger partial charge on any atom is 0.190 e. The summed E-state index contributed by atoms with van der Waals surface area (Å²) < 4.78 is 11.2. The molecule has 0 spiro atoms. The number of nitrogens with zero attached hydrogens (tertiary/aromatic N) is 2. The Morgan fingerprint density at radius 1 is 1.08 bits per heavy atom. The highest BCUT2D eigenvalue weighted by atomic mass is 16.5. The molecule has 6 heteroatoms. The molecule has 6 nitrogen and oxygen atoms in total. The van der Waals surface area contributed by atoms with E-state index in [-0.39, 0.29) is 0 Å². The summed E-state index contributed by atoms with van der Waals surface area (Å²) in [7, 11) is 1.83. The number of hydrogen-bond acceptors (Lipinski definition) is 4. The minimum atomic E-state index is 0.691. The maximum atomic E-state index is 5.79. The Hall–Kier alpha value is -0.850. The van der Waals surface area contributed by atoms with Gasteiger partial charge in [-0.1, -0.05) is 0 Å². The number of hydrogen-bond donors (Lipinski definition) is 2. The largest absolute Gasteiger partial charge is 0.381 e. The summed E-state index contributed by atoms with van der Waals surface area (Å²) in [5.74, 6) is 1.60. The van der Waals surface area contributed by atoms with E-state index in [9.17, 15) is 0 Å². The average Bonchev–Trinajstić information content (AvgIpc) is 3.17. The van der Waals surface area contributed by atoms with Gasteiger partial charge < -0.3 is 25.0 Å². The molecule has 0 aromatic carbocycles. The van der Waals surface area contributed by atoms with Gasteiger partial charge >= 0.3 is 0 Å². The lowest BCUT2D eigenvalue weighted by molar-refractivity contribution is 0.0203. The number of guanidine groups is 1. The Labute approximate surface area is 153 Å². The van der Waals surface area contributed by atoms with Gasteiger partial charge in [-0.3, -0.25) is 4.99 Å². The second-order valence-electron chi connectivity index (χ2n) is 7.17. The number of unbranched alkanes of at least 4 members (excludes halogenated alkanes) is 1. The molecule has 0 aliphatic carbocycles. The third-order valence-electron chi connectivity index (χ3n) is 5.07. The second-order valence-corrected chi connectivity index (χ2v) is 7.17. The molecule has 2 saturated heterocycles. The molecule has 0 aromatic heterocycles. The van der Waals surface area contributed by atoms with Crippen LogP contribution in [0.15, 0.2) is 4.99 Å². The van der Waals surface area contributed by atoms with Gasteiger partial charge in [0.1, 0.15) is 0 Å². The topological polar surface area (TPSA) is 58.1 Å². The van der Waals surface area contributed by atoms with Gasteiger partial charge in [-0.25, -0.2) is 0 Å². The first-order valence-corrected chi connectivity index (χ1v) is 10.2. The average molecular weight is 355 g/mol. The molecule has 2 aliphatic rings. The highest BCUT2D eigenvalue weighted by molar-refractivity contribution is 5.79. The number of aliphatic imine (C=N–C) groups is 1. The number of ether oxygens (including phenoxy) is 2. The van der Waals surface area contributed by atoms with E-state index >= 15 is 0 Å². The van der Waals surface area contributed by atoms with Crippen molar-refractivity contribution in [3.05, 3.63) is 0 Å². The van der Waals surface area contributed by atoms with Crippen LogP contribution in [0.5, 0.6) is 0 Å². The first kappa shape index (κ1) is 20.5. The molecule has 0 unspecified atom stereocenters. The lowest BCUT2D eigenvalue weighted by atomic mass is 10.0. The summed E-state index contributed by atoms with van der Waals surface area (Å²) >= 11 is 0. The Bertz CT molecular complexity index is 353. The summed E-state index contributed by atoms with van der Waals surface area (Å²) in [5.41, 5.74) is 0. The zero-order valence-corrected chi connectivity index (χ0v) is 16.1. The highest BCUT2D eigenvalue weighted by Gasteiger charge is 2.13. The van der Waals surface area contributed by atoms with Crippen LogP contribution in [0, 0.1) is 5.92 Å². The van der Waals surface area contributed by atoms with Crippen LogP contribution in [0.1, 0.15) is 44.9 Å². The van der Waals surface area contributed by atoms with Gasteiger partial charge in [0.05, 0.1) is 0 Å². The van der Waals surface area contributed by atoms with E-state index in [4.69, 9.17) is 9.47 Å². The normalized spacial score (nSPS) is 20.1. The molecule has 0 aromatic rings. The molecule has 2 N–H and O–H groups in total. The van der Waals surface area contributed by atoms with Gasteiger partial charge in [-0.2, -0.15) is 0 Å². The molecule has 0 saturated carbocycles. The van der Waals surface area contributed by atoms with Gasteiger partial charge in [-0.05, 0) is 70.5 Å². The molecule has 25 heavy (non-hydrogen) atoms. The van der Waals surface area contributed by atoms with Gasteiger partial charge in [0.15, 0.2) is 5.96 Å². The van der Waals surface area contributed by atoms with Gasteiger partial charge in [0, 0.05) is 46.6 Å². The Morgan fingerprint density at radius 3 is 2.52 bits per heavy atom. The van der Waals surface area contributed by atoms with Crippen LogP contribution in [0.2, 0.25) is 0 Å². The first-order valence-electron chi connectivity index (χ1n) is 10.2. The quantitative estimate of drug-likeness (QED) is 0.337. The van der Waals surface area contributed by atoms with Gasteiger partial charge in [0.25, 0.3) is 0 Å². The zero-order valence-electron chi connectivity index (χ0n) is 16.1. The number of rotatable bonds is 11. The zero-order chi connectivity index (χ0) is 17.6. The van der Waals surface area contributed by atoms with Crippen molar-refractivity contribution in [3.8, 4) is 0 Å². The molecular weight excluding hydrogens is 316 g/mol. The first-order chi connectivity index (χ1) is 12.4. The summed E-state index contributed by atoms with van der Waals surface area (Å²) in [5, 5.41) is 6.77. The fourth-order valence-electron chi connectivity index (χ4n) is 3.44. The van der Waals surface area contributed by atoms with Crippen LogP contribution < -0.4 is 10.6 Å². The fraction of sp³-hybridized carbons (Fsp3) is 0.947. The number of likely N-dealkylation sites (tertiary alicyclic amines) is 1. The summed E-state index contributed by atoms with van der Waals surface area (Å²) in [4.78, 5) is 6.86. The van der Waals surface area contributed by atoms with E-state index in [1.165, 1.54) is 45.3 Å². The third-order valence-corrected chi connectivity index (χ3v) is 5.07. The summed E-state index contributed by atoms with van der Waals surface area (Å²) in [6.45, 7) is 9.24. The second kappa shape index (κ2) is 13.4. The Morgan fingerprint density at radius 2 is 1.80 bits per heavy atom. The molecule has 0 amide bonds. The van der Waals surface area contributed by atoms with Crippen molar-refractivity contribution in [1.82, 2.24) is 15.5 Å². The molecule has 2 heterocycles. The molecule has 146 valence electrons. The maximum absolute atomic E-state index is 5.79. The Kier molecular flexibility index (Phi) is 10.9. The van der Waals surface area contributed by atoms with Crippen LogP contribution in [-0.2, 0) is 9.47 Å². The molecular formula is C19H38N4O2. The Balaban J connectivity index is 1.38. The molecule has 2 aliphatic heterocycles. The lowest BCUT2D eigenvalue weighted by Gasteiger charge is -2.21. The lowest BCUT2D eigenvalue weighted by Crippen LogP contribution is -2.38. The predicted molar refractivity (Wildman–Crippen MR) is 103 cm³/mol. The minimum absolute atomic E-state index is 0.691. The fourth-order valence-corrected chi connectivity index (χ4v) is 3.44. The molecule has 2 fully saturated rings. The van der Waals surface area contributed by atoms with Crippen LogP contribution >= 0.6 is 0 Å². The van der Waals surface area contributed by atoms with Crippen molar-refractivity contribution in [2.24, 2.45) is 10.9 Å².